The Balaban J connectivity index is 2.37. The van der Waals surface area contributed by atoms with Gasteiger partial charge in [0.25, 0.3) is 0 Å². The first-order valence-corrected chi connectivity index (χ1v) is 9.08. The van der Waals surface area contributed by atoms with Gasteiger partial charge in [0.1, 0.15) is 5.82 Å². The molecule has 1 saturated heterocycles. The van der Waals surface area contributed by atoms with Gasteiger partial charge in [-0.1, -0.05) is 13.0 Å². The van der Waals surface area contributed by atoms with Gasteiger partial charge in [-0.2, -0.15) is 16.1 Å². The SMILES string of the molecule is CCC1CN(S(=O)(=O)c2cc(F)ccc2CN)CCS1. The zero-order valence-corrected chi connectivity index (χ0v) is 13.0. The lowest BCUT2D eigenvalue weighted by atomic mass is 10.2. The maximum Gasteiger partial charge on any atom is 0.243 e. The molecule has 20 heavy (non-hydrogen) atoms. The minimum atomic E-state index is -3.67. The van der Waals surface area contributed by atoms with E-state index in [0.717, 1.165) is 18.2 Å². The summed E-state index contributed by atoms with van der Waals surface area (Å²) in [6.45, 7) is 3.06. The van der Waals surface area contributed by atoms with E-state index in [1.54, 1.807) is 11.8 Å². The molecule has 0 amide bonds. The summed E-state index contributed by atoms with van der Waals surface area (Å²) in [6.07, 6.45) is 0.920. The van der Waals surface area contributed by atoms with Crippen molar-refractivity contribution in [3.8, 4) is 0 Å². The van der Waals surface area contributed by atoms with Crippen LogP contribution in [0.5, 0.6) is 0 Å². The Morgan fingerprint density at radius 2 is 2.25 bits per heavy atom. The second-order valence-electron chi connectivity index (χ2n) is 4.72. The molecular formula is C13H19FN2O2S2. The fourth-order valence-corrected chi connectivity index (χ4v) is 5.35. The molecule has 1 aromatic carbocycles. The highest BCUT2D eigenvalue weighted by atomic mass is 32.2. The van der Waals surface area contributed by atoms with Crippen LogP contribution in [0.25, 0.3) is 0 Å². The van der Waals surface area contributed by atoms with Crippen LogP contribution in [-0.4, -0.2) is 36.8 Å². The van der Waals surface area contributed by atoms with Gasteiger partial charge in [-0.15, -0.1) is 0 Å². The average Bonchev–Trinajstić information content (AvgIpc) is 2.47. The lowest BCUT2D eigenvalue weighted by Crippen LogP contribution is -2.42. The normalized spacial score (nSPS) is 21.1. The maximum atomic E-state index is 13.4. The Kier molecular flexibility index (Phi) is 5.06. The summed E-state index contributed by atoms with van der Waals surface area (Å²) in [5.74, 6) is 0.213. The number of nitrogens with two attached hydrogens (primary N) is 1. The predicted molar refractivity (Wildman–Crippen MR) is 79.6 cm³/mol. The van der Waals surface area contributed by atoms with Crippen molar-refractivity contribution in [2.75, 3.05) is 18.8 Å². The van der Waals surface area contributed by atoms with Crippen molar-refractivity contribution >= 4 is 21.8 Å². The van der Waals surface area contributed by atoms with Crippen LogP contribution in [0.1, 0.15) is 18.9 Å². The summed E-state index contributed by atoms with van der Waals surface area (Å²) in [5, 5.41) is 0.299. The third-order valence-electron chi connectivity index (χ3n) is 3.42. The van der Waals surface area contributed by atoms with Crippen molar-refractivity contribution in [1.82, 2.24) is 4.31 Å². The first kappa shape index (κ1) is 15.8. The van der Waals surface area contributed by atoms with Crippen molar-refractivity contribution in [3.05, 3.63) is 29.6 Å². The largest absolute Gasteiger partial charge is 0.326 e. The number of sulfonamides is 1. The summed E-state index contributed by atoms with van der Waals surface area (Å²) >= 11 is 1.79. The molecular weight excluding hydrogens is 299 g/mol. The fraction of sp³-hybridized carbons (Fsp3) is 0.538. The van der Waals surface area contributed by atoms with E-state index < -0.39 is 15.8 Å². The molecule has 4 nitrogen and oxygen atoms in total. The van der Waals surface area contributed by atoms with Crippen LogP contribution in [0.4, 0.5) is 4.39 Å². The van der Waals surface area contributed by atoms with Gasteiger partial charge in [0, 0.05) is 30.6 Å². The van der Waals surface area contributed by atoms with E-state index >= 15 is 0 Å². The van der Waals surface area contributed by atoms with Crippen LogP contribution in [0.2, 0.25) is 0 Å². The molecule has 1 atom stereocenters. The molecule has 0 aromatic heterocycles. The molecule has 0 radical (unpaired) electrons. The molecule has 1 aliphatic rings. The molecule has 1 heterocycles. The summed E-state index contributed by atoms with van der Waals surface area (Å²) in [5.41, 5.74) is 6.03. The van der Waals surface area contributed by atoms with E-state index in [-0.39, 0.29) is 11.4 Å². The van der Waals surface area contributed by atoms with Crippen molar-refractivity contribution < 1.29 is 12.8 Å². The topological polar surface area (TPSA) is 63.4 Å². The third kappa shape index (κ3) is 3.16. The zero-order valence-electron chi connectivity index (χ0n) is 11.4. The Morgan fingerprint density at radius 1 is 1.50 bits per heavy atom. The predicted octanol–water partition coefficient (Wildman–Crippen LogP) is 1.80. The summed E-state index contributed by atoms with van der Waals surface area (Å²) in [7, 11) is -3.67. The van der Waals surface area contributed by atoms with E-state index in [2.05, 4.69) is 0 Å². The van der Waals surface area contributed by atoms with Gasteiger partial charge in [0.2, 0.25) is 10.0 Å². The Labute approximate surface area is 123 Å². The number of hydrogen-bond acceptors (Lipinski definition) is 4. The van der Waals surface area contributed by atoms with Gasteiger partial charge in [0.05, 0.1) is 4.90 Å². The number of thioether (sulfide) groups is 1. The number of hydrogen-bond donors (Lipinski definition) is 1. The molecule has 1 unspecified atom stereocenters. The minimum absolute atomic E-state index is 0.00162. The lowest BCUT2D eigenvalue weighted by Gasteiger charge is -2.31. The second kappa shape index (κ2) is 6.43. The molecule has 1 aliphatic heterocycles. The van der Waals surface area contributed by atoms with E-state index in [1.165, 1.54) is 16.4 Å². The number of rotatable bonds is 4. The number of nitrogens with zero attached hydrogens (tertiary/aromatic N) is 1. The van der Waals surface area contributed by atoms with Crippen LogP contribution in [0.15, 0.2) is 23.1 Å². The quantitative estimate of drug-likeness (QED) is 0.919. The van der Waals surface area contributed by atoms with Gasteiger partial charge in [-0.25, -0.2) is 12.8 Å². The summed E-state index contributed by atoms with van der Waals surface area (Å²) in [4.78, 5) is 0.00162. The van der Waals surface area contributed by atoms with Gasteiger partial charge in [-0.3, -0.25) is 0 Å². The van der Waals surface area contributed by atoms with Crippen LogP contribution < -0.4 is 5.73 Å². The Morgan fingerprint density at radius 3 is 2.90 bits per heavy atom. The van der Waals surface area contributed by atoms with Crippen molar-refractivity contribution in [3.63, 3.8) is 0 Å². The fourth-order valence-electron chi connectivity index (χ4n) is 2.23. The number of halogens is 1. The highest BCUT2D eigenvalue weighted by Crippen LogP contribution is 2.28. The lowest BCUT2D eigenvalue weighted by molar-refractivity contribution is 0.415. The first-order valence-electron chi connectivity index (χ1n) is 6.59. The number of benzene rings is 1. The van der Waals surface area contributed by atoms with Crippen LogP contribution in [0.3, 0.4) is 0 Å². The molecule has 0 aliphatic carbocycles. The standard InChI is InChI=1S/C13H19FN2O2S2/c1-2-12-9-16(5-6-19-12)20(17,18)13-7-11(14)4-3-10(13)8-15/h3-4,7,12H,2,5-6,8-9,15H2,1H3. The highest BCUT2D eigenvalue weighted by molar-refractivity contribution is 8.00. The van der Waals surface area contributed by atoms with Crippen LogP contribution in [-0.2, 0) is 16.6 Å². The van der Waals surface area contributed by atoms with E-state index in [4.69, 9.17) is 5.73 Å². The molecule has 2 rings (SSSR count). The average molecular weight is 318 g/mol. The van der Waals surface area contributed by atoms with Crippen molar-refractivity contribution in [2.24, 2.45) is 5.73 Å². The van der Waals surface area contributed by atoms with Gasteiger partial charge in [0.15, 0.2) is 0 Å². The van der Waals surface area contributed by atoms with E-state index in [9.17, 15) is 12.8 Å². The Hall–Kier alpha value is -0.630. The van der Waals surface area contributed by atoms with Gasteiger partial charge < -0.3 is 5.73 Å². The van der Waals surface area contributed by atoms with E-state index in [0.29, 0.717) is 23.9 Å². The minimum Gasteiger partial charge on any atom is -0.326 e. The van der Waals surface area contributed by atoms with Gasteiger partial charge >= 0.3 is 0 Å². The first-order chi connectivity index (χ1) is 9.48. The molecule has 1 fully saturated rings. The third-order valence-corrected chi connectivity index (χ3v) is 6.74. The van der Waals surface area contributed by atoms with E-state index in [1.807, 2.05) is 6.92 Å². The molecule has 0 saturated carbocycles. The molecule has 112 valence electrons. The maximum absolute atomic E-state index is 13.4. The van der Waals surface area contributed by atoms with Crippen molar-refractivity contribution in [2.45, 2.75) is 30.0 Å². The van der Waals surface area contributed by atoms with Crippen LogP contribution in [0, 0.1) is 5.82 Å². The highest BCUT2D eigenvalue weighted by Gasteiger charge is 2.31. The second-order valence-corrected chi connectivity index (χ2v) is 8.03. The molecule has 1 aromatic rings. The molecule has 2 N–H and O–H groups in total. The molecule has 7 heteroatoms. The zero-order chi connectivity index (χ0) is 14.8. The summed E-state index contributed by atoms with van der Waals surface area (Å²) in [6, 6.07) is 3.75. The molecule has 0 spiro atoms. The smallest absolute Gasteiger partial charge is 0.243 e. The summed E-state index contributed by atoms with van der Waals surface area (Å²) < 4.78 is 40.2. The van der Waals surface area contributed by atoms with Crippen LogP contribution >= 0.6 is 11.8 Å². The Bertz CT molecular complexity index is 578. The molecule has 0 bridgehead atoms. The van der Waals surface area contributed by atoms with Crippen molar-refractivity contribution in [1.29, 1.82) is 0 Å². The monoisotopic (exact) mass is 318 g/mol. The van der Waals surface area contributed by atoms with Gasteiger partial charge in [-0.05, 0) is 24.1 Å².